The molecule has 7 heteroatoms. The van der Waals surface area contributed by atoms with Gasteiger partial charge < -0.3 is 10.6 Å². The van der Waals surface area contributed by atoms with Crippen LogP contribution in [0, 0.1) is 10.1 Å². The molecule has 0 atom stereocenters. The van der Waals surface area contributed by atoms with Crippen molar-refractivity contribution in [1.29, 1.82) is 0 Å². The highest BCUT2D eigenvalue weighted by molar-refractivity contribution is 6.32. The number of urea groups is 1. The van der Waals surface area contributed by atoms with Gasteiger partial charge in [-0.3, -0.25) is 10.1 Å². The molecule has 2 N–H and O–H groups in total. The van der Waals surface area contributed by atoms with Gasteiger partial charge in [-0.05, 0) is 36.1 Å². The SMILES string of the molecule is O=C(Nc1ccc(Cl)c([N+](=O)[O-])c1)NC1Cc2ccccc2C1. The third kappa shape index (κ3) is 3.43. The molecule has 0 fully saturated rings. The average Bonchev–Trinajstić information content (AvgIpc) is 2.90. The Morgan fingerprint density at radius 1 is 1.17 bits per heavy atom. The number of hydrogen-bond donors (Lipinski definition) is 2. The van der Waals surface area contributed by atoms with E-state index < -0.39 is 4.92 Å². The third-order valence-corrected chi connectivity index (χ3v) is 4.11. The van der Waals surface area contributed by atoms with Gasteiger partial charge in [0.2, 0.25) is 0 Å². The summed E-state index contributed by atoms with van der Waals surface area (Å²) < 4.78 is 0. The molecule has 118 valence electrons. The van der Waals surface area contributed by atoms with Crippen LogP contribution in [0.3, 0.4) is 0 Å². The monoisotopic (exact) mass is 331 g/mol. The quantitative estimate of drug-likeness (QED) is 0.666. The Morgan fingerprint density at radius 3 is 2.43 bits per heavy atom. The van der Waals surface area contributed by atoms with E-state index in [4.69, 9.17) is 11.6 Å². The van der Waals surface area contributed by atoms with Crippen molar-refractivity contribution in [2.24, 2.45) is 0 Å². The van der Waals surface area contributed by atoms with Crippen LogP contribution in [-0.2, 0) is 12.8 Å². The Morgan fingerprint density at radius 2 is 1.83 bits per heavy atom. The lowest BCUT2D eigenvalue weighted by Gasteiger charge is -2.13. The Balaban J connectivity index is 1.63. The minimum absolute atomic E-state index is 0.0229. The van der Waals surface area contributed by atoms with Crippen LogP contribution in [-0.4, -0.2) is 17.0 Å². The fraction of sp³-hybridized carbons (Fsp3) is 0.188. The first-order valence-corrected chi connectivity index (χ1v) is 7.49. The van der Waals surface area contributed by atoms with Crippen molar-refractivity contribution in [3.05, 3.63) is 68.7 Å². The van der Waals surface area contributed by atoms with E-state index in [1.54, 1.807) is 0 Å². The molecular weight excluding hydrogens is 318 g/mol. The van der Waals surface area contributed by atoms with E-state index in [2.05, 4.69) is 22.8 Å². The van der Waals surface area contributed by atoms with Gasteiger partial charge in [0.1, 0.15) is 5.02 Å². The van der Waals surface area contributed by atoms with Crippen molar-refractivity contribution in [2.45, 2.75) is 18.9 Å². The van der Waals surface area contributed by atoms with Gasteiger partial charge in [0.05, 0.1) is 4.92 Å². The van der Waals surface area contributed by atoms with Gasteiger partial charge in [-0.1, -0.05) is 35.9 Å². The highest BCUT2D eigenvalue weighted by Crippen LogP contribution is 2.27. The smallest absolute Gasteiger partial charge is 0.319 e. The standard InChI is InChI=1S/C16H14ClN3O3/c17-14-6-5-12(9-15(14)20(22)23)18-16(21)19-13-7-10-3-1-2-4-11(10)8-13/h1-6,9,13H,7-8H2,(H2,18,19,21). The van der Waals surface area contributed by atoms with Crippen LogP contribution in [0.5, 0.6) is 0 Å². The normalized spacial score (nSPS) is 13.4. The predicted molar refractivity (Wildman–Crippen MR) is 87.9 cm³/mol. The zero-order chi connectivity index (χ0) is 16.4. The molecule has 1 aliphatic rings. The topological polar surface area (TPSA) is 84.3 Å². The van der Waals surface area contributed by atoms with Crippen molar-refractivity contribution in [2.75, 3.05) is 5.32 Å². The summed E-state index contributed by atoms with van der Waals surface area (Å²) in [5, 5.41) is 16.4. The van der Waals surface area contributed by atoms with Crippen LogP contribution < -0.4 is 10.6 Å². The molecule has 23 heavy (non-hydrogen) atoms. The molecule has 3 rings (SSSR count). The fourth-order valence-electron chi connectivity index (χ4n) is 2.74. The van der Waals surface area contributed by atoms with Crippen LogP contribution in [0.4, 0.5) is 16.2 Å². The molecule has 0 bridgehead atoms. The lowest BCUT2D eigenvalue weighted by atomic mass is 10.1. The maximum atomic E-state index is 12.1. The molecule has 1 aliphatic carbocycles. The zero-order valence-electron chi connectivity index (χ0n) is 12.1. The minimum Gasteiger partial charge on any atom is -0.334 e. The van der Waals surface area contributed by atoms with E-state index in [0.717, 1.165) is 12.8 Å². The molecule has 0 saturated heterocycles. The van der Waals surface area contributed by atoms with E-state index in [-0.39, 0.29) is 22.8 Å². The molecule has 2 amide bonds. The number of carbonyl (C=O) groups is 1. The molecule has 6 nitrogen and oxygen atoms in total. The second-order valence-corrected chi connectivity index (χ2v) is 5.80. The summed E-state index contributed by atoms with van der Waals surface area (Å²) in [7, 11) is 0. The van der Waals surface area contributed by atoms with Gasteiger partial charge in [0.25, 0.3) is 5.69 Å². The number of halogens is 1. The number of rotatable bonds is 3. The molecule has 2 aromatic rings. The number of nitro benzene ring substituents is 1. The zero-order valence-corrected chi connectivity index (χ0v) is 12.8. The van der Waals surface area contributed by atoms with Gasteiger partial charge in [0.15, 0.2) is 0 Å². The highest BCUT2D eigenvalue weighted by atomic mass is 35.5. The number of amides is 2. The first kappa shape index (κ1) is 15.3. The lowest BCUT2D eigenvalue weighted by Crippen LogP contribution is -2.38. The highest BCUT2D eigenvalue weighted by Gasteiger charge is 2.22. The number of nitro groups is 1. The lowest BCUT2D eigenvalue weighted by molar-refractivity contribution is -0.384. The van der Waals surface area contributed by atoms with E-state index in [0.29, 0.717) is 5.69 Å². The summed E-state index contributed by atoms with van der Waals surface area (Å²) in [4.78, 5) is 22.3. The van der Waals surface area contributed by atoms with Gasteiger partial charge in [-0.25, -0.2) is 4.79 Å². The summed E-state index contributed by atoms with van der Waals surface area (Å²) >= 11 is 5.75. The van der Waals surface area contributed by atoms with Crippen LogP contribution in [0.1, 0.15) is 11.1 Å². The molecule has 0 unspecified atom stereocenters. The Bertz CT molecular complexity index is 754. The first-order chi connectivity index (χ1) is 11.0. The first-order valence-electron chi connectivity index (χ1n) is 7.11. The van der Waals surface area contributed by atoms with E-state index in [1.165, 1.54) is 29.3 Å². The molecule has 0 saturated carbocycles. The maximum Gasteiger partial charge on any atom is 0.319 e. The third-order valence-electron chi connectivity index (χ3n) is 3.79. The van der Waals surface area contributed by atoms with Crippen LogP contribution in [0.15, 0.2) is 42.5 Å². The van der Waals surface area contributed by atoms with E-state index in [1.807, 2.05) is 12.1 Å². The van der Waals surface area contributed by atoms with Crippen molar-refractivity contribution >= 4 is 29.0 Å². The van der Waals surface area contributed by atoms with Crippen LogP contribution >= 0.6 is 11.6 Å². The minimum atomic E-state index is -0.584. The van der Waals surface area contributed by atoms with Gasteiger partial charge >= 0.3 is 6.03 Å². The summed E-state index contributed by atoms with van der Waals surface area (Å²) in [5.74, 6) is 0. The summed E-state index contributed by atoms with van der Waals surface area (Å²) in [5.41, 5.74) is 2.56. The second kappa shape index (κ2) is 6.26. The number of fused-ring (bicyclic) bond motifs is 1. The van der Waals surface area contributed by atoms with Gasteiger partial charge in [-0.2, -0.15) is 0 Å². The maximum absolute atomic E-state index is 12.1. The van der Waals surface area contributed by atoms with Crippen molar-refractivity contribution in [3.63, 3.8) is 0 Å². The number of nitrogens with one attached hydrogen (secondary N) is 2. The van der Waals surface area contributed by atoms with E-state index in [9.17, 15) is 14.9 Å². The van der Waals surface area contributed by atoms with Gasteiger partial charge in [-0.15, -0.1) is 0 Å². The Hall–Kier alpha value is -2.60. The van der Waals surface area contributed by atoms with Crippen LogP contribution in [0.2, 0.25) is 5.02 Å². The number of nitrogens with zero attached hydrogens (tertiary/aromatic N) is 1. The summed E-state index contributed by atoms with van der Waals surface area (Å²) in [6, 6.07) is 11.9. The molecular formula is C16H14ClN3O3. The van der Waals surface area contributed by atoms with E-state index >= 15 is 0 Å². The second-order valence-electron chi connectivity index (χ2n) is 5.40. The van der Waals surface area contributed by atoms with Crippen molar-refractivity contribution in [3.8, 4) is 0 Å². The molecule has 0 aromatic heterocycles. The van der Waals surface area contributed by atoms with Crippen LogP contribution in [0.25, 0.3) is 0 Å². The Kier molecular flexibility index (Phi) is 4.16. The fourth-order valence-corrected chi connectivity index (χ4v) is 2.93. The number of carbonyl (C=O) groups excluding carboxylic acids is 1. The molecule has 0 aliphatic heterocycles. The predicted octanol–water partition coefficient (Wildman–Crippen LogP) is 3.54. The molecule has 0 radical (unpaired) electrons. The molecule has 2 aromatic carbocycles. The summed E-state index contributed by atoms with van der Waals surface area (Å²) in [6.07, 6.45) is 1.56. The molecule has 0 heterocycles. The largest absolute Gasteiger partial charge is 0.334 e. The summed E-state index contributed by atoms with van der Waals surface area (Å²) in [6.45, 7) is 0. The van der Waals surface area contributed by atoms with Crippen molar-refractivity contribution in [1.82, 2.24) is 5.32 Å². The van der Waals surface area contributed by atoms with Gasteiger partial charge in [0, 0.05) is 17.8 Å². The van der Waals surface area contributed by atoms with Crippen molar-refractivity contribution < 1.29 is 9.72 Å². The average molecular weight is 332 g/mol. The number of hydrogen-bond acceptors (Lipinski definition) is 3. The number of benzene rings is 2. The number of anilines is 1. The molecule has 0 spiro atoms. The Labute approximate surface area is 137 Å².